The van der Waals surface area contributed by atoms with Gasteiger partial charge in [0.25, 0.3) is 11.7 Å². The third-order valence-corrected chi connectivity index (χ3v) is 18.8. The zero-order valence-corrected chi connectivity index (χ0v) is 48.4. The largest absolute Gasteiger partial charge is 0.507 e. The molecule has 0 radical (unpaired) electrons. The summed E-state index contributed by atoms with van der Waals surface area (Å²) in [6.07, 6.45) is 5.09. The zero-order valence-electron chi connectivity index (χ0n) is 47.6. The van der Waals surface area contributed by atoms with Crippen LogP contribution < -0.4 is 20.8 Å². The van der Waals surface area contributed by atoms with Gasteiger partial charge in [-0.25, -0.2) is 13.4 Å². The van der Waals surface area contributed by atoms with Gasteiger partial charge in [-0.1, -0.05) is 78.0 Å². The van der Waals surface area contributed by atoms with Gasteiger partial charge in [-0.05, 0) is 63.2 Å². The number of benzene rings is 3. The molecule has 3 aromatic rings. The average molecular weight is 1130 g/mol. The van der Waals surface area contributed by atoms with Crippen LogP contribution in [0.25, 0.3) is 10.8 Å². The SMILES string of the molecule is CO[C@H]1/C=C/O[C@@]2(C)Oc3c(C)c(O)c4c(O)c(c5c(c4c3C2=O)NC2(CCN(CC(C)C)CC2)N=5)=NC(=O)/C(C)=C\C=C\[C@H](C)[C@H](O)[C@@H](C)[C@@H](O)[C@@H](C)[C@H](OC(=O)CC(=O)N2CCC(CCS(=O)(=O)c3ccccc3)CC2)[C@@H]1C. The number of carbonyl (C=O) groups is 4. The number of anilines is 1. The fourth-order valence-corrected chi connectivity index (χ4v) is 13.5. The molecule has 1 spiro atoms. The number of aliphatic hydroxyl groups excluding tert-OH is 2. The fourth-order valence-electron chi connectivity index (χ4n) is 12.0. The number of likely N-dealkylation sites (tertiary alicyclic amines) is 2. The van der Waals surface area contributed by atoms with Crippen LogP contribution in [0.1, 0.15) is 110 Å². The summed E-state index contributed by atoms with van der Waals surface area (Å²) >= 11 is 0. The average Bonchev–Trinajstić information content (AvgIpc) is 3.94. The van der Waals surface area contributed by atoms with Crippen LogP contribution in [0.2, 0.25) is 0 Å². The molecular formula is C60H79N5O14S. The number of methoxy groups -OCH3 is 1. The molecule has 20 heteroatoms. The third kappa shape index (κ3) is 12.2. The van der Waals surface area contributed by atoms with Crippen molar-refractivity contribution in [3.63, 3.8) is 0 Å². The molecule has 0 unspecified atom stereocenters. The van der Waals surface area contributed by atoms with Crippen molar-refractivity contribution >= 4 is 49.9 Å². The number of sulfone groups is 1. The summed E-state index contributed by atoms with van der Waals surface area (Å²) in [5.41, 5.74) is -0.324. The number of carbonyl (C=O) groups excluding carboxylic acids is 4. The number of hydrogen-bond donors (Lipinski definition) is 5. The topological polar surface area (TPSA) is 263 Å². The standard InChI is InChI=1S/C60H79N5O14S/c1-33(2)32-64-27-23-60(24-28-64)62-48-45-46-53(70)39(8)56-47(45)57(72)59(9,79-56)77-29-21-42(76-10)36(5)55(78-44(67)31-43(66)65-25-19-40(20-26-65)22-30-80(74,75)41-17-12-11-13-18-41)38(7)52(69)37(6)51(68)34(3)15-14-16-35(4)58(73)61-50(54(46)71)49(48)63-60/h11-18,21,29,33-34,36-38,40,42,51-52,55,62,68-71H,19-20,22-28,30-32H2,1-10H3/b15-14+,29-21+,35-16-,61-50?/t34-,36+,37+,38+,42-,51-,52+,55+,59-/m0/s1. The summed E-state index contributed by atoms with van der Waals surface area (Å²) in [6, 6.07) is 8.29. The maximum atomic E-state index is 15.0. The van der Waals surface area contributed by atoms with Gasteiger partial charge in [-0.3, -0.25) is 24.2 Å². The number of rotatable bonds is 10. The van der Waals surface area contributed by atoms with Gasteiger partial charge in [0.05, 0.1) is 51.9 Å². The van der Waals surface area contributed by atoms with Gasteiger partial charge >= 0.3 is 11.8 Å². The number of phenolic OH excluding ortho intramolecular Hbond substituents is 2. The molecule has 5 N–H and O–H groups in total. The number of ketones is 1. The molecular weight excluding hydrogens is 1050 g/mol. The third-order valence-electron chi connectivity index (χ3n) is 17.0. The molecule has 0 saturated carbocycles. The van der Waals surface area contributed by atoms with Crippen LogP contribution in [-0.2, 0) is 38.4 Å². The summed E-state index contributed by atoms with van der Waals surface area (Å²) in [5.74, 6) is -8.22. The van der Waals surface area contributed by atoms with Crippen molar-refractivity contribution in [2.24, 2.45) is 45.5 Å². The minimum absolute atomic E-state index is 0.00775. The Morgan fingerprint density at radius 2 is 1.57 bits per heavy atom. The van der Waals surface area contributed by atoms with Crippen LogP contribution in [0.5, 0.6) is 17.2 Å². The maximum absolute atomic E-state index is 15.0. The van der Waals surface area contributed by atoms with E-state index in [1.54, 1.807) is 82.0 Å². The highest BCUT2D eigenvalue weighted by Gasteiger charge is 2.51. The smallest absolute Gasteiger partial charge is 0.315 e. The lowest BCUT2D eigenvalue weighted by atomic mass is 9.78. The molecule has 6 aliphatic rings. The molecule has 9 rings (SSSR count). The van der Waals surface area contributed by atoms with Crippen molar-refractivity contribution in [3.05, 3.63) is 88.3 Å². The van der Waals surface area contributed by atoms with Crippen molar-refractivity contribution in [3.8, 4) is 17.2 Å². The number of aliphatic hydroxyl groups is 2. The van der Waals surface area contributed by atoms with E-state index in [1.165, 1.54) is 39.4 Å². The molecule has 2 amide bonds. The minimum atomic E-state index is -3.46. The molecule has 2 saturated heterocycles. The number of esters is 1. The van der Waals surface area contributed by atoms with Crippen molar-refractivity contribution in [2.45, 2.75) is 142 Å². The first-order chi connectivity index (χ1) is 37.8. The Morgan fingerprint density at radius 3 is 2.23 bits per heavy atom. The van der Waals surface area contributed by atoms with E-state index in [0.29, 0.717) is 69.9 Å². The molecule has 80 heavy (non-hydrogen) atoms. The van der Waals surface area contributed by atoms with E-state index in [1.807, 2.05) is 0 Å². The number of phenols is 2. The molecule has 3 aromatic carbocycles. The van der Waals surface area contributed by atoms with E-state index in [9.17, 15) is 43.2 Å². The lowest BCUT2D eigenvalue weighted by molar-refractivity contribution is -0.165. The van der Waals surface area contributed by atoms with E-state index in [0.717, 1.165) is 6.54 Å². The Bertz CT molecular complexity index is 3200. The molecule has 0 aromatic heterocycles. The first-order valence-corrected chi connectivity index (χ1v) is 29.6. The number of amides is 2. The first kappa shape index (κ1) is 59.9. The fraction of sp³-hybridized carbons (Fsp3) is 0.567. The highest BCUT2D eigenvalue weighted by atomic mass is 32.2. The summed E-state index contributed by atoms with van der Waals surface area (Å²) in [6.45, 7) is 18.6. The Kier molecular flexibility index (Phi) is 18.1. The number of nitrogens with one attached hydrogen (secondary N) is 1. The lowest BCUT2D eigenvalue weighted by Gasteiger charge is -2.38. The number of allylic oxidation sites excluding steroid dienone is 2. The maximum Gasteiger partial charge on any atom is 0.315 e. The number of piperidine rings is 2. The van der Waals surface area contributed by atoms with Gasteiger partial charge in [0.2, 0.25) is 5.91 Å². The van der Waals surface area contributed by atoms with Crippen LogP contribution in [0.15, 0.2) is 81.4 Å². The number of hydrogen-bond acceptors (Lipinski definition) is 17. The lowest BCUT2D eigenvalue weighted by Crippen LogP contribution is -2.47. The summed E-state index contributed by atoms with van der Waals surface area (Å²) in [4.78, 5) is 70.5. The normalized spacial score (nSPS) is 29.3. The number of fused-ring (bicyclic) bond motifs is 13. The van der Waals surface area contributed by atoms with Crippen LogP contribution in [0, 0.1) is 42.4 Å². The van der Waals surface area contributed by atoms with Crippen LogP contribution in [0.3, 0.4) is 0 Å². The Morgan fingerprint density at radius 1 is 0.900 bits per heavy atom. The van der Waals surface area contributed by atoms with Gasteiger partial charge in [0, 0.05) is 99.8 Å². The second-order valence-corrected chi connectivity index (χ2v) is 25.4. The quantitative estimate of drug-likeness (QED) is 0.0857. The van der Waals surface area contributed by atoms with Crippen LogP contribution in [0.4, 0.5) is 5.69 Å². The van der Waals surface area contributed by atoms with Gasteiger partial charge < -0.3 is 54.5 Å². The number of Topliss-reactive ketones (excluding diaryl/α,β-unsaturated/α-hetero) is 1. The second kappa shape index (κ2) is 24.1. The van der Waals surface area contributed by atoms with Crippen molar-refractivity contribution in [1.29, 1.82) is 0 Å². The first-order valence-electron chi connectivity index (χ1n) is 27.9. The molecule has 434 valence electrons. The zero-order chi connectivity index (χ0) is 58.2. The summed E-state index contributed by atoms with van der Waals surface area (Å²) in [5, 5.41) is 51.5. The predicted octanol–water partition coefficient (Wildman–Crippen LogP) is 6.22. The molecule has 0 aliphatic carbocycles. The molecule has 5 bridgehead atoms. The number of aromatic hydroxyl groups is 2. The molecule has 6 aliphatic heterocycles. The van der Waals surface area contributed by atoms with E-state index < -0.39 is 111 Å². The van der Waals surface area contributed by atoms with Crippen LogP contribution >= 0.6 is 0 Å². The van der Waals surface area contributed by atoms with E-state index in [-0.39, 0.29) is 60.5 Å². The highest BCUT2D eigenvalue weighted by molar-refractivity contribution is 7.91. The number of nitrogens with zero attached hydrogens (tertiary/aromatic N) is 4. The van der Waals surface area contributed by atoms with Gasteiger partial charge in [-0.2, -0.15) is 0 Å². The van der Waals surface area contributed by atoms with E-state index in [2.05, 4.69) is 29.1 Å². The van der Waals surface area contributed by atoms with E-state index in [4.69, 9.17) is 23.9 Å². The molecule has 2 fully saturated rings. The predicted molar refractivity (Wildman–Crippen MR) is 299 cm³/mol. The van der Waals surface area contributed by atoms with Crippen molar-refractivity contribution in [2.75, 3.05) is 50.9 Å². The Balaban J connectivity index is 1.10. The van der Waals surface area contributed by atoms with E-state index >= 15 is 4.79 Å². The summed E-state index contributed by atoms with van der Waals surface area (Å²) in [7, 11) is -2.04. The van der Waals surface area contributed by atoms with Gasteiger partial charge in [-0.15, -0.1) is 0 Å². The van der Waals surface area contributed by atoms with Gasteiger partial charge in [0.15, 0.2) is 15.6 Å². The molecule has 19 nitrogen and oxygen atoms in total. The Labute approximate surface area is 468 Å². The Hall–Kier alpha value is -6.19. The second-order valence-electron chi connectivity index (χ2n) is 23.3. The minimum Gasteiger partial charge on any atom is -0.507 e. The van der Waals surface area contributed by atoms with Crippen LogP contribution in [-0.4, -0.2) is 144 Å². The highest BCUT2D eigenvalue weighted by Crippen LogP contribution is 2.51. The summed E-state index contributed by atoms with van der Waals surface area (Å²) < 4.78 is 50.6. The van der Waals surface area contributed by atoms with Crippen molar-refractivity contribution in [1.82, 2.24) is 9.80 Å². The monoisotopic (exact) mass is 1130 g/mol. The van der Waals surface area contributed by atoms with Crippen molar-refractivity contribution < 1.29 is 67.0 Å². The molecule has 9 atom stereocenters. The van der Waals surface area contributed by atoms with Gasteiger partial charge in [0.1, 0.15) is 40.4 Å². The molecule has 6 heterocycles. The number of ether oxygens (including phenoxy) is 4.